The molecule has 6 heteroatoms. The molecule has 1 unspecified atom stereocenters. The quantitative estimate of drug-likeness (QED) is 0.907. The zero-order valence-corrected chi connectivity index (χ0v) is 11.1. The molecule has 0 spiro atoms. The molecule has 1 aromatic rings. The average molecular weight is 270 g/mol. The smallest absolute Gasteiger partial charge is 0.280 e. The Morgan fingerprint density at radius 1 is 1.28 bits per heavy atom. The number of hydrogen-bond acceptors (Lipinski definition) is 3. The van der Waals surface area contributed by atoms with Gasteiger partial charge >= 0.3 is 0 Å². The van der Waals surface area contributed by atoms with Gasteiger partial charge in [-0.25, -0.2) is 0 Å². The molecule has 0 radical (unpaired) electrons. The van der Waals surface area contributed by atoms with Gasteiger partial charge < -0.3 is 4.42 Å². The van der Waals surface area contributed by atoms with Gasteiger partial charge in [-0.1, -0.05) is 0 Å². The standard InChI is InChI=1S/C12H18N2O3S/c15-18(16,14-7-1-2-8-14)13-11-4-3-5-12-10(11)6-9-17-12/h6,9,11,13H,1-5,7-8H2. The molecule has 1 saturated heterocycles. The van der Waals surface area contributed by atoms with Gasteiger partial charge in [0, 0.05) is 25.1 Å². The predicted molar refractivity (Wildman–Crippen MR) is 67.2 cm³/mol. The third-order valence-corrected chi connectivity index (χ3v) is 5.38. The second kappa shape index (κ2) is 4.68. The third-order valence-electron chi connectivity index (χ3n) is 3.75. The molecule has 5 nitrogen and oxygen atoms in total. The van der Waals surface area contributed by atoms with E-state index in [1.165, 1.54) is 0 Å². The van der Waals surface area contributed by atoms with Gasteiger partial charge in [0.05, 0.1) is 12.3 Å². The van der Waals surface area contributed by atoms with Crippen LogP contribution in [0.15, 0.2) is 16.7 Å². The molecule has 1 N–H and O–H groups in total. The van der Waals surface area contributed by atoms with Gasteiger partial charge in [-0.05, 0) is 31.7 Å². The summed E-state index contributed by atoms with van der Waals surface area (Å²) in [6, 6.07) is 1.75. The second-order valence-electron chi connectivity index (χ2n) is 4.97. The average Bonchev–Trinajstić information content (AvgIpc) is 3.00. The molecular formula is C12H18N2O3S. The molecule has 18 heavy (non-hydrogen) atoms. The number of nitrogens with zero attached hydrogens (tertiary/aromatic N) is 1. The fraction of sp³-hybridized carbons (Fsp3) is 0.667. The minimum atomic E-state index is -3.34. The minimum Gasteiger partial charge on any atom is -0.469 e. The maximum absolute atomic E-state index is 12.2. The highest BCUT2D eigenvalue weighted by atomic mass is 32.2. The lowest BCUT2D eigenvalue weighted by molar-refractivity contribution is 0.418. The van der Waals surface area contributed by atoms with Crippen molar-refractivity contribution in [1.82, 2.24) is 9.03 Å². The first-order chi connectivity index (χ1) is 8.67. The SMILES string of the molecule is O=S(=O)(NC1CCCc2occc21)N1CCCC1. The van der Waals surface area contributed by atoms with Crippen LogP contribution in [0, 0.1) is 0 Å². The minimum absolute atomic E-state index is 0.127. The Hall–Kier alpha value is -0.850. The van der Waals surface area contributed by atoms with E-state index in [-0.39, 0.29) is 6.04 Å². The lowest BCUT2D eigenvalue weighted by atomic mass is 9.94. The summed E-state index contributed by atoms with van der Waals surface area (Å²) in [5, 5.41) is 0. The van der Waals surface area contributed by atoms with Crippen molar-refractivity contribution in [2.45, 2.75) is 38.1 Å². The van der Waals surface area contributed by atoms with Crippen molar-refractivity contribution in [2.75, 3.05) is 13.1 Å². The Morgan fingerprint density at radius 2 is 2.06 bits per heavy atom. The van der Waals surface area contributed by atoms with Crippen molar-refractivity contribution in [2.24, 2.45) is 0 Å². The van der Waals surface area contributed by atoms with Gasteiger partial charge in [0.25, 0.3) is 10.2 Å². The van der Waals surface area contributed by atoms with Crippen LogP contribution >= 0.6 is 0 Å². The van der Waals surface area contributed by atoms with E-state index >= 15 is 0 Å². The summed E-state index contributed by atoms with van der Waals surface area (Å²) in [4.78, 5) is 0. The van der Waals surface area contributed by atoms with Crippen LogP contribution < -0.4 is 4.72 Å². The van der Waals surface area contributed by atoms with Crippen molar-refractivity contribution in [3.05, 3.63) is 23.7 Å². The summed E-state index contributed by atoms with van der Waals surface area (Å²) in [7, 11) is -3.34. The molecule has 2 heterocycles. The van der Waals surface area contributed by atoms with Gasteiger partial charge in [-0.2, -0.15) is 17.4 Å². The Kier molecular flexibility index (Phi) is 3.17. The van der Waals surface area contributed by atoms with Crippen LogP contribution in [0.3, 0.4) is 0 Å². The zero-order valence-electron chi connectivity index (χ0n) is 10.3. The van der Waals surface area contributed by atoms with Crippen molar-refractivity contribution in [3.63, 3.8) is 0 Å². The van der Waals surface area contributed by atoms with Crippen molar-refractivity contribution >= 4 is 10.2 Å². The molecule has 100 valence electrons. The monoisotopic (exact) mass is 270 g/mol. The normalized spacial score (nSPS) is 25.2. The molecule has 0 aromatic carbocycles. The Morgan fingerprint density at radius 3 is 2.83 bits per heavy atom. The molecular weight excluding hydrogens is 252 g/mol. The Bertz CT molecular complexity index is 517. The van der Waals surface area contributed by atoms with E-state index in [0.717, 1.165) is 43.4 Å². The first-order valence-electron chi connectivity index (χ1n) is 6.50. The summed E-state index contributed by atoms with van der Waals surface area (Å²) in [6.45, 7) is 1.28. The zero-order chi connectivity index (χ0) is 12.6. The first-order valence-corrected chi connectivity index (χ1v) is 7.94. The number of fused-ring (bicyclic) bond motifs is 1. The number of aryl methyl sites for hydroxylation is 1. The molecule has 1 aliphatic carbocycles. The van der Waals surface area contributed by atoms with Crippen LogP contribution in [0.1, 0.15) is 43.0 Å². The summed E-state index contributed by atoms with van der Waals surface area (Å²) < 4.78 is 34.2. The summed E-state index contributed by atoms with van der Waals surface area (Å²) in [5.74, 6) is 0.926. The van der Waals surface area contributed by atoms with Gasteiger partial charge in [0.2, 0.25) is 0 Å². The predicted octanol–water partition coefficient (Wildman–Crippen LogP) is 1.59. The van der Waals surface area contributed by atoms with E-state index in [1.807, 2.05) is 6.07 Å². The van der Waals surface area contributed by atoms with Gasteiger partial charge in [-0.15, -0.1) is 0 Å². The van der Waals surface area contributed by atoms with Crippen LogP contribution in [0.2, 0.25) is 0 Å². The van der Waals surface area contributed by atoms with E-state index < -0.39 is 10.2 Å². The van der Waals surface area contributed by atoms with Crippen LogP contribution in [0.25, 0.3) is 0 Å². The fourth-order valence-electron chi connectivity index (χ4n) is 2.79. The topological polar surface area (TPSA) is 62.6 Å². The van der Waals surface area contributed by atoms with Crippen molar-refractivity contribution < 1.29 is 12.8 Å². The van der Waals surface area contributed by atoms with Crippen LogP contribution in [0.4, 0.5) is 0 Å². The highest BCUT2D eigenvalue weighted by Crippen LogP contribution is 2.31. The number of furan rings is 1. The van der Waals surface area contributed by atoms with Gasteiger partial charge in [0.1, 0.15) is 5.76 Å². The molecule has 1 aliphatic heterocycles. The fourth-order valence-corrected chi connectivity index (χ4v) is 4.28. The first kappa shape index (κ1) is 12.2. The second-order valence-corrected chi connectivity index (χ2v) is 6.68. The van der Waals surface area contributed by atoms with Crippen molar-refractivity contribution in [3.8, 4) is 0 Å². The van der Waals surface area contributed by atoms with Crippen LogP contribution in [-0.4, -0.2) is 25.8 Å². The summed E-state index contributed by atoms with van der Waals surface area (Å²) in [6.07, 6.45) is 6.29. The Labute approximate surface area is 107 Å². The molecule has 0 amide bonds. The van der Waals surface area contributed by atoms with E-state index in [0.29, 0.717) is 13.1 Å². The molecule has 0 saturated carbocycles. The number of nitrogens with one attached hydrogen (secondary N) is 1. The van der Waals surface area contributed by atoms with Gasteiger partial charge in [-0.3, -0.25) is 0 Å². The largest absolute Gasteiger partial charge is 0.469 e. The molecule has 0 bridgehead atoms. The number of hydrogen-bond donors (Lipinski definition) is 1. The van der Waals surface area contributed by atoms with E-state index in [2.05, 4.69) is 4.72 Å². The van der Waals surface area contributed by atoms with Crippen molar-refractivity contribution in [1.29, 1.82) is 0 Å². The third kappa shape index (κ3) is 2.20. The highest BCUT2D eigenvalue weighted by Gasteiger charge is 2.31. The highest BCUT2D eigenvalue weighted by molar-refractivity contribution is 7.87. The van der Waals surface area contributed by atoms with E-state index in [9.17, 15) is 8.42 Å². The molecule has 1 aromatic heterocycles. The Balaban J connectivity index is 1.78. The summed E-state index contributed by atoms with van der Waals surface area (Å²) >= 11 is 0. The molecule has 2 aliphatic rings. The number of rotatable bonds is 3. The van der Waals surface area contributed by atoms with Gasteiger partial charge in [0.15, 0.2) is 0 Å². The van der Waals surface area contributed by atoms with Crippen LogP contribution in [-0.2, 0) is 16.6 Å². The molecule has 1 atom stereocenters. The summed E-state index contributed by atoms with van der Waals surface area (Å²) in [5.41, 5.74) is 1.00. The van der Waals surface area contributed by atoms with E-state index in [1.54, 1.807) is 10.6 Å². The molecule has 3 rings (SSSR count). The van der Waals surface area contributed by atoms with Crippen LogP contribution in [0.5, 0.6) is 0 Å². The maximum Gasteiger partial charge on any atom is 0.280 e. The lowest BCUT2D eigenvalue weighted by Gasteiger charge is -2.25. The maximum atomic E-state index is 12.2. The molecule has 1 fully saturated rings. The van der Waals surface area contributed by atoms with E-state index in [4.69, 9.17) is 4.42 Å². The lowest BCUT2D eigenvalue weighted by Crippen LogP contribution is -2.41.